The van der Waals surface area contributed by atoms with Crippen LogP contribution in [0.25, 0.3) is 32.6 Å². The maximum Gasteiger partial charge on any atom is 0.120 e. The van der Waals surface area contributed by atoms with Gasteiger partial charge in [0, 0.05) is 44.7 Å². The Morgan fingerprint density at radius 2 is 1.06 bits per heavy atom. The van der Waals surface area contributed by atoms with Gasteiger partial charge in [-0.05, 0) is 53.9 Å². The molecule has 0 aliphatic carbocycles. The van der Waals surface area contributed by atoms with E-state index in [4.69, 9.17) is 0 Å². The van der Waals surface area contributed by atoms with Gasteiger partial charge in [-0.2, -0.15) is 0 Å². The van der Waals surface area contributed by atoms with E-state index in [1.54, 1.807) is 0 Å². The van der Waals surface area contributed by atoms with Crippen LogP contribution in [0.15, 0.2) is 84.9 Å². The summed E-state index contributed by atoms with van der Waals surface area (Å²) in [5.41, 5.74) is 7.83. The molecule has 3 N–H and O–H groups in total. The number of aryl methyl sites for hydroxylation is 2. The Balaban J connectivity index is 1.80. The van der Waals surface area contributed by atoms with Crippen molar-refractivity contribution in [2.45, 2.75) is 19.8 Å². The van der Waals surface area contributed by atoms with Gasteiger partial charge < -0.3 is 15.1 Å². The summed E-state index contributed by atoms with van der Waals surface area (Å²) in [6.07, 6.45) is 0. The van der Waals surface area contributed by atoms with Crippen LogP contribution in [0, 0.1) is 13.8 Å². The summed E-state index contributed by atoms with van der Waals surface area (Å²) in [7, 11) is 0. The summed E-state index contributed by atoms with van der Waals surface area (Å²) in [5, 5.41) is 15.9. The van der Waals surface area contributed by atoms with Gasteiger partial charge in [-0.15, -0.1) is 0 Å². The third-order valence-corrected chi connectivity index (χ3v) is 6.70. The minimum atomic E-state index is -0.131. The fraction of sp³-hybridized carbons (Fsp3) is 0.103. The SMILES string of the molecule is Cc1[nH]c2ccccc2c1C(c1c(O)ccc2ccccc12)c1c(C)[nH]c2ccccc12. The molecule has 0 bridgehead atoms. The molecule has 0 unspecified atom stereocenters. The number of para-hydroxylation sites is 2. The second-order valence-electron chi connectivity index (χ2n) is 8.57. The number of rotatable bonds is 3. The van der Waals surface area contributed by atoms with E-state index in [1.165, 1.54) is 21.9 Å². The first-order valence-corrected chi connectivity index (χ1v) is 11.0. The number of hydrogen-bond acceptors (Lipinski definition) is 1. The third kappa shape index (κ3) is 2.68. The van der Waals surface area contributed by atoms with Crippen molar-refractivity contribution < 1.29 is 5.11 Å². The van der Waals surface area contributed by atoms with Crippen molar-refractivity contribution in [3.63, 3.8) is 0 Å². The molecule has 6 rings (SSSR count). The molecule has 4 aromatic carbocycles. The maximum atomic E-state index is 11.3. The molecule has 0 spiro atoms. The number of fused-ring (bicyclic) bond motifs is 3. The minimum Gasteiger partial charge on any atom is -0.508 e. The van der Waals surface area contributed by atoms with Gasteiger partial charge in [-0.3, -0.25) is 0 Å². The monoisotopic (exact) mass is 416 g/mol. The third-order valence-electron chi connectivity index (χ3n) is 6.70. The molecule has 0 saturated heterocycles. The summed E-state index contributed by atoms with van der Waals surface area (Å²) >= 11 is 0. The average Bonchev–Trinajstić information content (AvgIpc) is 3.31. The highest BCUT2D eigenvalue weighted by Crippen LogP contribution is 2.47. The molecule has 0 atom stereocenters. The van der Waals surface area contributed by atoms with Crippen molar-refractivity contribution >= 4 is 32.6 Å². The molecule has 2 aromatic heterocycles. The van der Waals surface area contributed by atoms with Crippen molar-refractivity contribution in [1.29, 1.82) is 0 Å². The molecule has 32 heavy (non-hydrogen) atoms. The van der Waals surface area contributed by atoms with Gasteiger partial charge in [-0.1, -0.05) is 66.7 Å². The molecule has 0 aliphatic rings. The number of H-pyrrole nitrogens is 2. The molecule has 0 aliphatic heterocycles. The molecule has 156 valence electrons. The van der Waals surface area contributed by atoms with Gasteiger partial charge >= 0.3 is 0 Å². The molecule has 3 heteroatoms. The minimum absolute atomic E-state index is 0.131. The first-order valence-electron chi connectivity index (χ1n) is 11.0. The van der Waals surface area contributed by atoms with Crippen LogP contribution in [-0.4, -0.2) is 15.1 Å². The number of aromatic amines is 2. The van der Waals surface area contributed by atoms with Crippen LogP contribution in [0.3, 0.4) is 0 Å². The Bertz CT molecular complexity index is 1540. The zero-order valence-corrected chi connectivity index (χ0v) is 18.1. The maximum absolute atomic E-state index is 11.3. The fourth-order valence-electron chi connectivity index (χ4n) is 5.36. The molecule has 0 radical (unpaired) electrons. The van der Waals surface area contributed by atoms with Crippen LogP contribution < -0.4 is 0 Å². The second kappa shape index (κ2) is 7.03. The lowest BCUT2D eigenvalue weighted by Crippen LogP contribution is -2.07. The van der Waals surface area contributed by atoms with Crippen molar-refractivity contribution in [3.8, 4) is 5.75 Å². The van der Waals surface area contributed by atoms with E-state index >= 15 is 0 Å². The topological polar surface area (TPSA) is 51.8 Å². The van der Waals surface area contributed by atoms with Crippen LogP contribution in [0.5, 0.6) is 5.75 Å². The molecule has 0 amide bonds. The first kappa shape index (κ1) is 18.8. The van der Waals surface area contributed by atoms with E-state index < -0.39 is 0 Å². The van der Waals surface area contributed by atoms with Crippen LogP contribution >= 0.6 is 0 Å². The molecular weight excluding hydrogens is 392 g/mol. The number of phenols is 1. The summed E-state index contributed by atoms with van der Waals surface area (Å²) in [5.74, 6) is 0.191. The van der Waals surface area contributed by atoms with E-state index in [-0.39, 0.29) is 5.92 Å². The van der Waals surface area contributed by atoms with Crippen LogP contribution in [0.1, 0.15) is 34.0 Å². The quantitative estimate of drug-likeness (QED) is 0.278. The fourth-order valence-corrected chi connectivity index (χ4v) is 5.36. The van der Waals surface area contributed by atoms with Gasteiger partial charge in [0.2, 0.25) is 0 Å². The van der Waals surface area contributed by atoms with Gasteiger partial charge in [0.05, 0.1) is 0 Å². The lowest BCUT2D eigenvalue weighted by Gasteiger charge is -2.23. The van der Waals surface area contributed by atoms with Crippen molar-refractivity contribution in [3.05, 3.63) is 113 Å². The van der Waals surface area contributed by atoms with Gasteiger partial charge in [0.1, 0.15) is 5.75 Å². The summed E-state index contributed by atoms with van der Waals surface area (Å²) in [4.78, 5) is 7.16. The molecular formula is C29H24N2O. The van der Waals surface area contributed by atoms with Crippen molar-refractivity contribution in [2.24, 2.45) is 0 Å². The zero-order chi connectivity index (χ0) is 21.8. The largest absolute Gasteiger partial charge is 0.508 e. The van der Waals surface area contributed by atoms with E-state index in [1.807, 2.05) is 24.3 Å². The van der Waals surface area contributed by atoms with Crippen LogP contribution in [-0.2, 0) is 0 Å². The highest BCUT2D eigenvalue weighted by Gasteiger charge is 2.30. The Hall–Kier alpha value is -3.98. The van der Waals surface area contributed by atoms with E-state index in [9.17, 15) is 5.11 Å². The predicted octanol–water partition coefficient (Wildman–Crippen LogP) is 7.31. The Kier molecular flexibility index (Phi) is 4.12. The van der Waals surface area contributed by atoms with Crippen molar-refractivity contribution in [2.75, 3.05) is 0 Å². The number of aromatic nitrogens is 2. The highest BCUT2D eigenvalue weighted by molar-refractivity contribution is 5.95. The second-order valence-corrected chi connectivity index (χ2v) is 8.57. The molecule has 0 fully saturated rings. The van der Waals surface area contributed by atoms with E-state index in [2.05, 4.69) is 84.5 Å². The standard InChI is InChI=1S/C29H24N2O/c1-17-26(21-11-5-7-13-23(21)30-17)29(27-18(2)31-24-14-8-6-12-22(24)27)28-20-10-4-3-9-19(20)15-16-25(28)32/h3-16,29-32H,1-2H3. The Labute approximate surface area is 186 Å². The molecule has 2 heterocycles. The molecule has 0 saturated carbocycles. The van der Waals surface area contributed by atoms with Gasteiger partial charge in [0.15, 0.2) is 0 Å². The Morgan fingerprint density at radius 1 is 0.562 bits per heavy atom. The predicted molar refractivity (Wildman–Crippen MR) is 133 cm³/mol. The Morgan fingerprint density at radius 3 is 1.66 bits per heavy atom. The van der Waals surface area contributed by atoms with Gasteiger partial charge in [-0.25, -0.2) is 0 Å². The van der Waals surface area contributed by atoms with Gasteiger partial charge in [0.25, 0.3) is 0 Å². The van der Waals surface area contributed by atoms with Crippen LogP contribution in [0.2, 0.25) is 0 Å². The zero-order valence-electron chi connectivity index (χ0n) is 18.1. The summed E-state index contributed by atoms with van der Waals surface area (Å²) in [6, 6.07) is 29.0. The normalized spacial score (nSPS) is 11.8. The summed E-state index contributed by atoms with van der Waals surface area (Å²) in [6.45, 7) is 4.27. The highest BCUT2D eigenvalue weighted by atomic mass is 16.3. The van der Waals surface area contributed by atoms with Crippen LogP contribution in [0.4, 0.5) is 0 Å². The van der Waals surface area contributed by atoms with Crippen molar-refractivity contribution in [1.82, 2.24) is 9.97 Å². The number of nitrogens with one attached hydrogen (secondary N) is 2. The smallest absolute Gasteiger partial charge is 0.120 e. The lowest BCUT2D eigenvalue weighted by atomic mass is 9.80. The summed E-state index contributed by atoms with van der Waals surface area (Å²) < 4.78 is 0. The molecule has 6 aromatic rings. The lowest BCUT2D eigenvalue weighted by molar-refractivity contribution is 0.468. The average molecular weight is 417 g/mol. The van der Waals surface area contributed by atoms with E-state index in [0.717, 1.165) is 38.8 Å². The number of phenolic OH excluding ortho intramolecular Hbond substituents is 1. The first-order chi connectivity index (χ1) is 15.6. The number of aromatic hydroxyl groups is 1. The number of hydrogen-bond donors (Lipinski definition) is 3. The van der Waals surface area contributed by atoms with E-state index in [0.29, 0.717) is 5.75 Å². The molecule has 3 nitrogen and oxygen atoms in total. The number of benzene rings is 4.